The number of hydrogen-bond acceptors (Lipinski definition) is 5. The van der Waals surface area contributed by atoms with E-state index in [1.54, 1.807) is 11.1 Å². The van der Waals surface area contributed by atoms with Crippen LogP contribution < -0.4 is 15.6 Å². The van der Waals surface area contributed by atoms with Gasteiger partial charge >= 0.3 is 6.09 Å². The third-order valence-corrected chi connectivity index (χ3v) is 7.33. The van der Waals surface area contributed by atoms with E-state index in [0.717, 1.165) is 58.9 Å². The predicted molar refractivity (Wildman–Crippen MR) is 138 cm³/mol. The minimum Gasteiger partial charge on any atom is -0.443 e. The second-order valence-electron chi connectivity index (χ2n) is 10.3. The van der Waals surface area contributed by atoms with E-state index in [2.05, 4.69) is 26.3 Å². The molecule has 184 valence electrons. The Labute approximate surface area is 214 Å². The Morgan fingerprint density at radius 1 is 1.14 bits per heavy atom. The van der Waals surface area contributed by atoms with Crippen LogP contribution in [-0.2, 0) is 11.3 Å². The Morgan fingerprint density at radius 3 is 2.60 bits per heavy atom. The van der Waals surface area contributed by atoms with Crippen LogP contribution in [0.25, 0.3) is 11.8 Å². The molecule has 0 aromatic carbocycles. The molecule has 4 heterocycles. The first-order valence-corrected chi connectivity index (χ1v) is 12.8. The van der Waals surface area contributed by atoms with Gasteiger partial charge in [-0.05, 0) is 76.2 Å². The second kappa shape index (κ2) is 9.43. The number of azo groups is 1. The van der Waals surface area contributed by atoms with Crippen molar-refractivity contribution in [2.75, 3.05) is 11.4 Å². The van der Waals surface area contributed by atoms with Crippen molar-refractivity contribution < 1.29 is 9.53 Å². The molecule has 0 spiro atoms. The number of ether oxygens (including phenoxy) is 1. The number of hydrogen-bond donors (Lipinski definition) is 1. The number of allylic oxidation sites excluding steroid dienone is 1. The fraction of sp³-hybridized carbons (Fsp3) is 0.462. The van der Waals surface area contributed by atoms with E-state index in [-0.39, 0.29) is 5.92 Å². The summed E-state index contributed by atoms with van der Waals surface area (Å²) in [7, 11) is 0. The number of H-pyrrole nitrogens is 1. The van der Waals surface area contributed by atoms with E-state index in [1.165, 1.54) is 0 Å². The van der Waals surface area contributed by atoms with Gasteiger partial charge < -0.3 is 9.72 Å². The Kier molecular flexibility index (Phi) is 6.49. The maximum Gasteiger partial charge on any atom is 0.415 e. The number of anilines is 1. The number of carbonyl (C=O) groups excluding carboxylic acids is 1. The molecule has 0 atom stereocenters. The summed E-state index contributed by atoms with van der Waals surface area (Å²) in [5.74, 6) is 0.625. The molecule has 2 aromatic rings. The van der Waals surface area contributed by atoms with Crippen LogP contribution in [0.1, 0.15) is 63.6 Å². The van der Waals surface area contributed by atoms with E-state index in [4.69, 9.17) is 27.9 Å². The summed E-state index contributed by atoms with van der Waals surface area (Å²) in [4.78, 5) is 23.0. The Hall–Kier alpha value is -2.64. The Morgan fingerprint density at radius 2 is 1.89 bits per heavy atom. The first-order chi connectivity index (χ1) is 16.7. The maximum absolute atomic E-state index is 13.3. The molecule has 9 heteroatoms. The minimum atomic E-state index is -0.613. The van der Waals surface area contributed by atoms with Crippen molar-refractivity contribution in [2.45, 2.75) is 64.5 Å². The van der Waals surface area contributed by atoms with Crippen molar-refractivity contribution >= 4 is 46.8 Å². The maximum atomic E-state index is 13.3. The third-order valence-electron chi connectivity index (χ3n) is 6.76. The number of rotatable bonds is 2. The normalized spacial score (nSPS) is 22.0. The summed E-state index contributed by atoms with van der Waals surface area (Å²) in [5, 5.41) is 11.2. The zero-order valence-electron chi connectivity index (χ0n) is 20.1. The molecule has 1 aliphatic carbocycles. The standard InChI is InChI=1S/C26H29Cl2N5O2/c1-26(2,3)35-25(34)33-12-11-18(27)22(23-24(33)17-13-29-30-14-20(17)32-23)16-9-7-15(8-10-16)19-5-4-6-21(28)31-19/h4-6,11,14-16,32H,7-10,12-13H2,1-3H3/t15-,16-. The van der Waals surface area contributed by atoms with Crippen LogP contribution in [0.2, 0.25) is 5.15 Å². The molecule has 0 radical (unpaired) electrons. The zero-order chi connectivity index (χ0) is 24.7. The molecule has 35 heavy (non-hydrogen) atoms. The van der Waals surface area contributed by atoms with Gasteiger partial charge in [0.1, 0.15) is 10.8 Å². The molecule has 0 unspecified atom stereocenters. The van der Waals surface area contributed by atoms with Crippen molar-refractivity contribution in [1.29, 1.82) is 0 Å². The van der Waals surface area contributed by atoms with Crippen molar-refractivity contribution in [3.63, 3.8) is 0 Å². The molecule has 1 N–H and O–H groups in total. The van der Waals surface area contributed by atoms with E-state index < -0.39 is 11.7 Å². The van der Waals surface area contributed by atoms with Crippen LogP contribution in [0.5, 0.6) is 0 Å². The van der Waals surface area contributed by atoms with Gasteiger partial charge in [0, 0.05) is 28.8 Å². The van der Waals surface area contributed by atoms with Crippen LogP contribution in [0, 0.1) is 5.92 Å². The Balaban J connectivity index is 1.54. The number of nitrogens with one attached hydrogen (secondary N) is 1. The molecular weight excluding hydrogens is 485 g/mol. The number of carbonyl (C=O) groups is 1. The van der Waals surface area contributed by atoms with Gasteiger partial charge in [0.05, 0.1) is 29.1 Å². The molecule has 5 rings (SSSR count). The highest BCUT2D eigenvalue weighted by Crippen LogP contribution is 2.42. The van der Waals surface area contributed by atoms with Gasteiger partial charge in [-0.15, -0.1) is 0 Å². The quantitative estimate of drug-likeness (QED) is 0.517. The number of pyridine rings is 1. The molecular formula is C26H29Cl2N5O2. The minimum absolute atomic E-state index is 0.250. The van der Waals surface area contributed by atoms with Crippen molar-refractivity contribution in [1.82, 2.24) is 9.97 Å². The van der Waals surface area contributed by atoms with Crippen molar-refractivity contribution in [3.05, 3.63) is 56.4 Å². The third kappa shape index (κ3) is 4.89. The number of nitrogens with zero attached hydrogens (tertiary/aromatic N) is 4. The van der Waals surface area contributed by atoms with Gasteiger partial charge in [-0.3, -0.25) is 4.90 Å². The van der Waals surface area contributed by atoms with E-state index in [9.17, 15) is 4.79 Å². The smallest absolute Gasteiger partial charge is 0.415 e. The first-order valence-electron chi connectivity index (χ1n) is 12.0. The summed E-state index contributed by atoms with van der Waals surface area (Å²) in [5.41, 5.74) is 3.22. The largest absolute Gasteiger partial charge is 0.443 e. The van der Waals surface area contributed by atoms with E-state index >= 15 is 0 Å². The fourth-order valence-electron chi connectivity index (χ4n) is 5.22. The van der Waals surface area contributed by atoms with Crippen molar-refractivity contribution in [2.24, 2.45) is 16.1 Å². The van der Waals surface area contributed by atoms with Gasteiger partial charge in [0.2, 0.25) is 0 Å². The molecule has 1 saturated carbocycles. The monoisotopic (exact) mass is 513 g/mol. The first kappa shape index (κ1) is 24.1. The number of fused-ring (bicyclic) bond motifs is 3. The lowest BCUT2D eigenvalue weighted by atomic mass is 9.77. The number of amides is 1. The van der Waals surface area contributed by atoms with Crippen LogP contribution in [0.15, 0.2) is 39.5 Å². The molecule has 2 aliphatic heterocycles. The molecule has 1 fully saturated rings. The summed E-state index contributed by atoms with van der Waals surface area (Å²) >= 11 is 13.1. The number of halogens is 2. The topological polar surface area (TPSA) is 82.9 Å². The van der Waals surface area contributed by atoms with Gasteiger partial charge in [-0.2, -0.15) is 10.2 Å². The number of aromatic amines is 1. The highest BCUT2D eigenvalue weighted by Gasteiger charge is 2.33. The highest BCUT2D eigenvalue weighted by molar-refractivity contribution is 6.36. The molecule has 0 bridgehead atoms. The van der Waals surface area contributed by atoms with Crippen LogP contribution in [-0.4, -0.2) is 28.2 Å². The summed E-state index contributed by atoms with van der Waals surface area (Å²) in [6.07, 6.45) is 7.14. The lowest BCUT2D eigenvalue weighted by molar-refractivity contribution is 0.0584. The summed E-state index contributed by atoms with van der Waals surface area (Å²) in [6, 6.07) is 5.83. The van der Waals surface area contributed by atoms with Crippen LogP contribution in [0.3, 0.4) is 0 Å². The van der Waals surface area contributed by atoms with Crippen molar-refractivity contribution in [3.8, 4) is 0 Å². The molecule has 2 aromatic heterocycles. The van der Waals surface area contributed by atoms with Gasteiger partial charge in [-0.25, -0.2) is 9.78 Å². The van der Waals surface area contributed by atoms with E-state index in [1.807, 2.05) is 39.0 Å². The second-order valence-corrected chi connectivity index (χ2v) is 11.1. The molecule has 7 nitrogen and oxygen atoms in total. The predicted octanol–water partition coefficient (Wildman–Crippen LogP) is 5.77. The fourth-order valence-corrected chi connectivity index (χ4v) is 5.71. The Bertz CT molecular complexity index is 1330. The zero-order valence-corrected chi connectivity index (χ0v) is 21.7. The molecule has 1 amide bonds. The lowest BCUT2D eigenvalue weighted by Gasteiger charge is -2.30. The SMILES string of the molecule is CC(C)(C)OC(=O)N1CC=C(Cl)C([C@H]2CC[C@H](c3cccc(Cl)n3)CC2)=c2[nH]c3c(c21)CN=NC=3. The summed E-state index contributed by atoms with van der Waals surface area (Å²) in [6.45, 7) is 6.33. The molecule has 0 saturated heterocycles. The van der Waals surface area contributed by atoms with Crippen LogP contribution in [0.4, 0.5) is 10.5 Å². The van der Waals surface area contributed by atoms with Gasteiger partial charge in [-0.1, -0.05) is 29.3 Å². The van der Waals surface area contributed by atoms with Crippen LogP contribution >= 0.6 is 23.2 Å². The number of aromatic nitrogens is 2. The summed E-state index contributed by atoms with van der Waals surface area (Å²) < 4.78 is 5.75. The van der Waals surface area contributed by atoms with Gasteiger partial charge in [0.25, 0.3) is 0 Å². The van der Waals surface area contributed by atoms with Gasteiger partial charge in [0.15, 0.2) is 0 Å². The highest BCUT2D eigenvalue weighted by atomic mass is 35.5. The average Bonchev–Trinajstić information content (AvgIpc) is 3.10. The molecule has 3 aliphatic rings. The van der Waals surface area contributed by atoms with E-state index in [0.29, 0.717) is 29.2 Å². The average molecular weight is 514 g/mol. The lowest BCUT2D eigenvalue weighted by Crippen LogP contribution is -2.39.